The number of hydrogen-bond acceptors (Lipinski definition) is 10. The first-order chi connectivity index (χ1) is 32.7. The number of aliphatic hydroxyl groups is 1. The van der Waals surface area contributed by atoms with Gasteiger partial charge >= 0.3 is 18.0 Å². The van der Waals surface area contributed by atoms with E-state index in [1.807, 2.05) is 42.2 Å². The van der Waals surface area contributed by atoms with Crippen molar-refractivity contribution in [3.63, 3.8) is 0 Å². The third kappa shape index (κ3) is 8.71. The summed E-state index contributed by atoms with van der Waals surface area (Å²) in [6.45, 7) is 9.51. The molecule has 1 unspecified atom stereocenters. The second-order valence-electron chi connectivity index (χ2n) is 18.2. The van der Waals surface area contributed by atoms with Gasteiger partial charge in [0.2, 0.25) is 0 Å². The lowest BCUT2D eigenvalue weighted by Crippen LogP contribution is -2.48. The van der Waals surface area contributed by atoms with Crippen LogP contribution in [0.25, 0.3) is 39.5 Å². The van der Waals surface area contributed by atoms with Crippen molar-refractivity contribution in [2.24, 2.45) is 0 Å². The maximum absolute atomic E-state index is 13.7. The van der Waals surface area contributed by atoms with E-state index in [0.717, 1.165) is 62.0 Å². The molecule has 0 spiro atoms. The summed E-state index contributed by atoms with van der Waals surface area (Å²) in [4.78, 5) is 60.5. The van der Waals surface area contributed by atoms with Gasteiger partial charge in [-0.1, -0.05) is 38.5 Å². The molecule has 68 heavy (non-hydrogen) atoms. The number of amides is 1. The van der Waals surface area contributed by atoms with Crippen LogP contribution in [0.3, 0.4) is 0 Å². The van der Waals surface area contributed by atoms with Crippen LogP contribution in [-0.2, 0) is 50.3 Å². The Morgan fingerprint density at radius 3 is 2.37 bits per heavy atom. The van der Waals surface area contributed by atoms with Crippen molar-refractivity contribution in [2.75, 3.05) is 32.4 Å². The second-order valence-corrected chi connectivity index (χ2v) is 19.6. The summed E-state index contributed by atoms with van der Waals surface area (Å²) in [6.07, 6.45) is 9.69. The number of fused-ring (bicyclic) bond motifs is 6. The minimum atomic E-state index is -1.86. The molecular weight excluding hydrogens is 888 g/mol. The number of pyridine rings is 2. The molecule has 2 aromatic heterocycles. The van der Waals surface area contributed by atoms with Gasteiger partial charge in [-0.15, -0.1) is 0 Å². The number of hydrogen-bond donors (Lipinski definition) is 2. The first-order valence-corrected chi connectivity index (χ1v) is 25.0. The summed E-state index contributed by atoms with van der Waals surface area (Å²) in [5.41, 5.74) is 7.13. The highest BCUT2D eigenvalue weighted by molar-refractivity contribution is 7.84. The Labute approximate surface area is 396 Å². The molecule has 0 bridgehead atoms. The Kier molecular flexibility index (Phi) is 13.1. The number of rotatable bonds is 8. The van der Waals surface area contributed by atoms with E-state index < -0.39 is 28.3 Å². The third-order valence-electron chi connectivity index (χ3n) is 14.3. The molecule has 13 nitrogen and oxygen atoms in total. The van der Waals surface area contributed by atoms with E-state index in [2.05, 4.69) is 11.8 Å². The summed E-state index contributed by atoms with van der Waals surface area (Å²) in [5.74, 6) is -1.59. The van der Waals surface area contributed by atoms with Gasteiger partial charge in [-0.2, -0.15) is 0 Å². The number of carboxylic acids is 1. The Morgan fingerprint density at radius 2 is 1.69 bits per heavy atom. The highest BCUT2D eigenvalue weighted by atomic mass is 32.2. The number of halogens is 1. The van der Waals surface area contributed by atoms with E-state index in [4.69, 9.17) is 19.6 Å². The number of likely N-dealkylation sites (tertiary alicyclic amines) is 2. The average Bonchev–Trinajstić information content (AvgIpc) is 3.83. The second kappa shape index (κ2) is 19.0. The number of carbonyl (C=O) groups is 3. The molecule has 15 heteroatoms. The fraction of sp³-hybridized carbons (Fsp3) is 0.377. The van der Waals surface area contributed by atoms with Crippen LogP contribution in [0.2, 0.25) is 0 Å². The Bertz CT molecular complexity index is 3020. The van der Waals surface area contributed by atoms with Crippen molar-refractivity contribution in [1.29, 1.82) is 0 Å². The zero-order valence-corrected chi connectivity index (χ0v) is 39.5. The molecule has 5 aromatic rings. The molecule has 2 fully saturated rings. The lowest BCUT2D eigenvalue weighted by atomic mass is 9.86. The molecule has 6 heterocycles. The summed E-state index contributed by atoms with van der Waals surface area (Å²) in [5, 5.41) is 21.2. The lowest BCUT2D eigenvalue weighted by Gasteiger charge is -2.39. The molecule has 1 amide bonds. The quantitative estimate of drug-likeness (QED) is 0.141. The highest BCUT2D eigenvalue weighted by Crippen LogP contribution is 2.44. The summed E-state index contributed by atoms with van der Waals surface area (Å²) >= 11 is 0. The maximum atomic E-state index is 13.7. The molecule has 2 N–H and O–H groups in total. The number of benzene rings is 3. The predicted molar refractivity (Wildman–Crippen MR) is 258 cm³/mol. The van der Waals surface area contributed by atoms with E-state index in [1.165, 1.54) is 44.5 Å². The van der Waals surface area contributed by atoms with Crippen LogP contribution in [0, 0.1) is 5.82 Å². The number of piperidine rings is 2. The van der Waals surface area contributed by atoms with Crippen LogP contribution in [0.1, 0.15) is 105 Å². The van der Waals surface area contributed by atoms with Crippen molar-refractivity contribution < 1.29 is 42.7 Å². The van der Waals surface area contributed by atoms with E-state index in [-0.39, 0.29) is 36.9 Å². The maximum Gasteiger partial charge on any atom is 0.415 e. The van der Waals surface area contributed by atoms with Crippen molar-refractivity contribution in [3.8, 4) is 17.1 Å². The molecular formula is C53H55FN4O9S. The summed E-state index contributed by atoms with van der Waals surface area (Å²) in [6, 6.07) is 19.6. The van der Waals surface area contributed by atoms with Crippen LogP contribution in [0.4, 0.5) is 9.18 Å². The number of aliphatic carboxylic acids is 1. The fourth-order valence-electron chi connectivity index (χ4n) is 10.5. The van der Waals surface area contributed by atoms with Gasteiger partial charge in [-0.25, -0.2) is 19.0 Å². The zero-order valence-electron chi connectivity index (χ0n) is 38.7. The van der Waals surface area contributed by atoms with E-state index in [9.17, 15) is 32.9 Å². The number of allylic oxidation sites excluding steroid dienone is 2. The van der Waals surface area contributed by atoms with Crippen molar-refractivity contribution in [3.05, 3.63) is 127 Å². The Hall–Kier alpha value is -6.29. The molecule has 2 atom stereocenters. The lowest BCUT2D eigenvalue weighted by molar-refractivity contribution is -0.172. The van der Waals surface area contributed by atoms with Crippen LogP contribution in [0.5, 0.6) is 5.75 Å². The van der Waals surface area contributed by atoms with Crippen molar-refractivity contribution >= 4 is 57.0 Å². The summed E-state index contributed by atoms with van der Waals surface area (Å²) < 4.78 is 37.9. The van der Waals surface area contributed by atoms with E-state index in [1.54, 1.807) is 48.1 Å². The number of aromatic nitrogens is 2. The first kappa shape index (κ1) is 46.8. The Morgan fingerprint density at radius 1 is 0.956 bits per heavy atom. The van der Waals surface area contributed by atoms with Gasteiger partial charge in [-0.05, 0) is 152 Å². The smallest absolute Gasteiger partial charge is 0.415 e. The number of ether oxygens (including phenoxy) is 2. The van der Waals surface area contributed by atoms with Crippen molar-refractivity contribution in [2.45, 2.75) is 102 Å². The Balaban J connectivity index is 0.000000197. The molecule has 0 saturated carbocycles. The monoisotopic (exact) mass is 942 g/mol. The van der Waals surface area contributed by atoms with Gasteiger partial charge in [0.1, 0.15) is 18.2 Å². The van der Waals surface area contributed by atoms with Gasteiger partial charge in [0.05, 0.1) is 35.4 Å². The molecule has 0 radical (unpaired) electrons. The molecule has 2 saturated heterocycles. The molecule has 1 aliphatic carbocycles. The zero-order chi connectivity index (χ0) is 48.0. The topological polar surface area (TPSA) is 169 Å². The SMILES string of the molecule is CC1=C(CC(=O)O)c2cc(F)ccc2/C1=C\c1ccc(S(C)=O)cc1.CCc1c2c(nc3ccc(OC(=O)N4CCC(N5CCCCC5)CC4)cc13)-c1cc3c(c(=O)n1C2)COC(=O)[C@]3(O)CC. The van der Waals surface area contributed by atoms with Gasteiger partial charge < -0.3 is 34.1 Å². The van der Waals surface area contributed by atoms with Crippen LogP contribution in [0.15, 0.2) is 82.0 Å². The molecule has 5 aliphatic rings. The van der Waals surface area contributed by atoms with Crippen molar-refractivity contribution in [1.82, 2.24) is 19.4 Å². The number of nitrogens with zero attached hydrogens (tertiary/aromatic N) is 4. The summed E-state index contributed by atoms with van der Waals surface area (Å²) in [7, 11) is -1.04. The van der Waals surface area contributed by atoms with Crippen LogP contribution in [-0.4, -0.2) is 90.3 Å². The number of aryl methyl sites for hydroxylation is 1. The van der Waals surface area contributed by atoms with Gasteiger partial charge in [0, 0.05) is 57.6 Å². The van der Waals surface area contributed by atoms with E-state index in [0.29, 0.717) is 71.5 Å². The fourth-order valence-corrected chi connectivity index (χ4v) is 11.0. The van der Waals surface area contributed by atoms with Gasteiger partial charge in [0.15, 0.2) is 5.60 Å². The largest absolute Gasteiger partial charge is 0.481 e. The number of cyclic esters (lactones) is 1. The molecule has 354 valence electrons. The van der Waals surface area contributed by atoms with Gasteiger partial charge in [-0.3, -0.25) is 13.8 Å². The predicted octanol–water partition coefficient (Wildman–Crippen LogP) is 8.46. The van der Waals surface area contributed by atoms with Gasteiger partial charge in [0.25, 0.3) is 5.56 Å². The minimum Gasteiger partial charge on any atom is -0.481 e. The standard InChI is InChI=1S/C33H38N4O6.C20H17FO3S/c1-3-22-23-16-21(43-32(40)36-14-10-20(11-15-36)35-12-6-5-7-13-35)8-9-27(23)34-29-24(22)18-37-28(29)17-26-25(30(37)38)19-42-31(39)33(26,41)4-2;1-12-17(9-13-3-6-15(7-4-13)25(2)24)16-8-5-14(21)10-19(16)18(12)11-20(22)23/h8-9,16-17,20,41H,3-7,10-15,18-19H2,1-2H3;3-10H,11H2,1-2H3,(H,22,23)/b;17-9-/t33-;/m0./s1. The third-order valence-corrected chi connectivity index (χ3v) is 15.2. The molecule has 3 aromatic carbocycles. The number of carbonyl (C=O) groups excluding carboxylic acids is 2. The first-order valence-electron chi connectivity index (χ1n) is 23.4. The normalized spacial score (nSPS) is 20.0. The van der Waals surface area contributed by atoms with E-state index >= 15 is 0 Å². The highest BCUT2D eigenvalue weighted by Gasteiger charge is 2.45. The number of carboxylic acid groups (broad SMARTS) is 1. The minimum absolute atomic E-state index is 0.0951. The van der Waals surface area contributed by atoms with Crippen LogP contribution >= 0.6 is 0 Å². The molecule has 4 aliphatic heterocycles. The number of esters is 1. The van der Waals surface area contributed by atoms with Crippen LogP contribution < -0.4 is 10.3 Å². The molecule has 10 rings (SSSR count). The average molecular weight is 943 g/mol.